The van der Waals surface area contributed by atoms with Crippen LogP contribution in [-0.2, 0) is 14.8 Å². The number of halogens is 1. The summed E-state index contributed by atoms with van der Waals surface area (Å²) < 4.78 is 30.8. The van der Waals surface area contributed by atoms with Crippen molar-refractivity contribution >= 4 is 33.2 Å². The third-order valence-electron chi connectivity index (χ3n) is 4.53. The molecule has 1 amide bonds. The second-order valence-corrected chi connectivity index (χ2v) is 9.01. The fourth-order valence-electron chi connectivity index (χ4n) is 3.05. The number of sulfonamides is 1. The van der Waals surface area contributed by atoms with Crippen molar-refractivity contribution in [3.05, 3.63) is 59.1 Å². The summed E-state index contributed by atoms with van der Waals surface area (Å²) in [6, 6.07) is 14.5. The van der Waals surface area contributed by atoms with Gasteiger partial charge in [0.2, 0.25) is 15.9 Å². The highest BCUT2D eigenvalue weighted by atomic mass is 35.5. The summed E-state index contributed by atoms with van der Waals surface area (Å²) in [5.41, 5.74) is 1.49. The first-order valence-corrected chi connectivity index (χ1v) is 11.6. The van der Waals surface area contributed by atoms with Crippen LogP contribution in [0.2, 0.25) is 5.02 Å². The monoisotopic (exact) mass is 438 g/mol. The van der Waals surface area contributed by atoms with Gasteiger partial charge in [-0.25, -0.2) is 8.42 Å². The topological polar surface area (TPSA) is 75.7 Å². The zero-order chi connectivity index (χ0) is 21.4. The molecule has 0 aliphatic carbocycles. The Balaban J connectivity index is 1.99. The summed E-state index contributed by atoms with van der Waals surface area (Å²) >= 11 is 6.13. The van der Waals surface area contributed by atoms with Crippen LogP contribution in [0.1, 0.15) is 37.8 Å². The van der Waals surface area contributed by atoms with Crippen molar-refractivity contribution in [2.75, 3.05) is 24.2 Å². The molecule has 0 heterocycles. The maximum atomic E-state index is 12.4. The van der Waals surface area contributed by atoms with Crippen molar-refractivity contribution in [1.29, 1.82) is 0 Å². The molecule has 8 heteroatoms. The molecule has 0 saturated heterocycles. The lowest BCUT2D eigenvalue weighted by Crippen LogP contribution is -2.33. The SMILES string of the molecule is CCC(NC(=O)CCCN(c1ccc(OC)c(Cl)c1)S(C)(=O)=O)c1ccccc1. The third kappa shape index (κ3) is 6.65. The van der Waals surface area contributed by atoms with Gasteiger partial charge in [-0.05, 0) is 36.6 Å². The van der Waals surface area contributed by atoms with E-state index in [1.165, 1.54) is 11.4 Å². The molecule has 158 valence electrons. The van der Waals surface area contributed by atoms with Gasteiger partial charge < -0.3 is 10.1 Å². The van der Waals surface area contributed by atoms with Crippen molar-refractivity contribution in [2.24, 2.45) is 0 Å². The van der Waals surface area contributed by atoms with E-state index in [1.807, 2.05) is 37.3 Å². The number of amides is 1. The van der Waals surface area contributed by atoms with Crippen LogP contribution >= 0.6 is 11.6 Å². The summed E-state index contributed by atoms with van der Waals surface area (Å²) in [7, 11) is -2.03. The number of hydrogen-bond acceptors (Lipinski definition) is 4. The number of nitrogens with one attached hydrogen (secondary N) is 1. The van der Waals surface area contributed by atoms with E-state index < -0.39 is 10.0 Å². The quantitative estimate of drug-likeness (QED) is 0.604. The van der Waals surface area contributed by atoms with Crippen LogP contribution < -0.4 is 14.4 Å². The van der Waals surface area contributed by atoms with E-state index in [4.69, 9.17) is 16.3 Å². The molecule has 2 rings (SSSR count). The van der Waals surface area contributed by atoms with Crippen LogP contribution in [0, 0.1) is 0 Å². The number of carbonyl (C=O) groups excluding carboxylic acids is 1. The normalized spacial score (nSPS) is 12.3. The molecule has 0 bridgehead atoms. The first-order chi connectivity index (χ1) is 13.8. The average Bonchev–Trinajstić information content (AvgIpc) is 2.69. The number of nitrogens with zero attached hydrogens (tertiary/aromatic N) is 1. The lowest BCUT2D eigenvalue weighted by atomic mass is 10.0. The van der Waals surface area contributed by atoms with Gasteiger partial charge in [0.1, 0.15) is 5.75 Å². The van der Waals surface area contributed by atoms with E-state index in [2.05, 4.69) is 5.32 Å². The van der Waals surface area contributed by atoms with E-state index >= 15 is 0 Å². The Morgan fingerprint density at radius 2 is 1.90 bits per heavy atom. The number of benzene rings is 2. The van der Waals surface area contributed by atoms with Gasteiger partial charge in [-0.15, -0.1) is 0 Å². The third-order valence-corrected chi connectivity index (χ3v) is 6.02. The smallest absolute Gasteiger partial charge is 0.232 e. The Morgan fingerprint density at radius 1 is 1.21 bits per heavy atom. The van der Waals surface area contributed by atoms with Crippen LogP contribution in [-0.4, -0.2) is 34.2 Å². The highest BCUT2D eigenvalue weighted by molar-refractivity contribution is 7.92. The first-order valence-electron chi connectivity index (χ1n) is 9.41. The molecule has 6 nitrogen and oxygen atoms in total. The molecule has 0 spiro atoms. The largest absolute Gasteiger partial charge is 0.495 e. The fourth-order valence-corrected chi connectivity index (χ4v) is 4.26. The summed E-state index contributed by atoms with van der Waals surface area (Å²) in [4.78, 5) is 12.4. The number of anilines is 1. The summed E-state index contributed by atoms with van der Waals surface area (Å²) in [5, 5.41) is 3.34. The van der Waals surface area contributed by atoms with Crippen LogP contribution in [0.3, 0.4) is 0 Å². The van der Waals surface area contributed by atoms with Crippen molar-refractivity contribution in [3.8, 4) is 5.75 Å². The fraction of sp³-hybridized carbons (Fsp3) is 0.381. The molecule has 0 fully saturated rings. The predicted octanol–water partition coefficient (Wildman–Crippen LogP) is 4.16. The molecule has 0 aliphatic heterocycles. The molecule has 0 aromatic heterocycles. The Bertz CT molecular complexity index is 920. The van der Waals surface area contributed by atoms with Crippen molar-refractivity contribution in [3.63, 3.8) is 0 Å². The average molecular weight is 439 g/mol. The summed E-state index contributed by atoms with van der Waals surface area (Å²) in [6.07, 6.45) is 2.51. The molecular formula is C21H27ClN2O4S. The molecule has 2 aromatic carbocycles. The number of rotatable bonds is 10. The standard InChI is InChI=1S/C21H27ClN2O4S/c1-4-19(16-9-6-5-7-10-16)23-21(25)11-8-14-24(29(3,26)27)17-12-13-20(28-2)18(22)15-17/h5-7,9-10,12-13,15,19H,4,8,11,14H2,1-3H3,(H,23,25). The van der Waals surface area contributed by atoms with Crippen molar-refractivity contribution in [2.45, 2.75) is 32.2 Å². The molecule has 0 saturated carbocycles. The van der Waals surface area contributed by atoms with Crippen molar-refractivity contribution < 1.29 is 17.9 Å². The highest BCUT2D eigenvalue weighted by Gasteiger charge is 2.19. The highest BCUT2D eigenvalue weighted by Crippen LogP contribution is 2.30. The van der Waals surface area contributed by atoms with Gasteiger partial charge >= 0.3 is 0 Å². The first kappa shape index (κ1) is 23.0. The summed E-state index contributed by atoms with van der Waals surface area (Å²) in [6.45, 7) is 2.19. The Hall–Kier alpha value is -2.25. The second-order valence-electron chi connectivity index (χ2n) is 6.70. The molecule has 1 N–H and O–H groups in total. The van der Waals surface area contributed by atoms with Crippen LogP contribution in [0.15, 0.2) is 48.5 Å². The number of ether oxygens (including phenoxy) is 1. The van der Waals surface area contributed by atoms with Gasteiger partial charge in [-0.3, -0.25) is 9.10 Å². The Morgan fingerprint density at radius 3 is 2.45 bits per heavy atom. The minimum absolute atomic E-state index is 0.0601. The van der Waals surface area contributed by atoms with E-state index in [1.54, 1.807) is 18.2 Å². The predicted molar refractivity (Wildman–Crippen MR) is 117 cm³/mol. The zero-order valence-corrected chi connectivity index (χ0v) is 18.5. The minimum atomic E-state index is -3.52. The van der Waals surface area contributed by atoms with Gasteiger partial charge in [0, 0.05) is 13.0 Å². The maximum Gasteiger partial charge on any atom is 0.232 e. The van der Waals surface area contributed by atoms with Gasteiger partial charge in [-0.1, -0.05) is 48.9 Å². The Labute approximate surface area is 177 Å². The van der Waals surface area contributed by atoms with Crippen LogP contribution in [0.4, 0.5) is 5.69 Å². The minimum Gasteiger partial charge on any atom is -0.495 e. The van der Waals surface area contributed by atoms with E-state index in [0.717, 1.165) is 18.2 Å². The van der Waals surface area contributed by atoms with Gasteiger partial charge in [0.25, 0.3) is 0 Å². The van der Waals surface area contributed by atoms with Crippen LogP contribution in [0.25, 0.3) is 0 Å². The van der Waals surface area contributed by atoms with Crippen LogP contribution in [0.5, 0.6) is 5.75 Å². The van der Waals surface area contributed by atoms with Gasteiger partial charge in [-0.2, -0.15) is 0 Å². The molecule has 1 unspecified atom stereocenters. The van der Waals surface area contributed by atoms with E-state index in [9.17, 15) is 13.2 Å². The number of carbonyl (C=O) groups is 1. The lowest BCUT2D eigenvalue weighted by molar-refractivity contribution is -0.121. The number of hydrogen-bond donors (Lipinski definition) is 1. The van der Waals surface area contributed by atoms with E-state index in [0.29, 0.717) is 22.9 Å². The maximum absolute atomic E-state index is 12.4. The van der Waals surface area contributed by atoms with Gasteiger partial charge in [0.15, 0.2) is 0 Å². The molecule has 29 heavy (non-hydrogen) atoms. The number of methoxy groups -OCH3 is 1. The molecular weight excluding hydrogens is 412 g/mol. The van der Waals surface area contributed by atoms with Crippen molar-refractivity contribution in [1.82, 2.24) is 5.32 Å². The molecule has 1 atom stereocenters. The molecule has 0 radical (unpaired) electrons. The molecule has 2 aromatic rings. The lowest BCUT2D eigenvalue weighted by Gasteiger charge is -2.23. The van der Waals surface area contributed by atoms with Gasteiger partial charge in [0.05, 0.1) is 30.1 Å². The van der Waals surface area contributed by atoms with E-state index in [-0.39, 0.29) is 24.9 Å². The second kappa shape index (κ2) is 10.5. The zero-order valence-electron chi connectivity index (χ0n) is 16.9. The Kier molecular flexibility index (Phi) is 8.34. The summed E-state index contributed by atoms with van der Waals surface area (Å²) in [5.74, 6) is 0.358. The molecule has 0 aliphatic rings.